The van der Waals surface area contributed by atoms with Crippen LogP contribution in [0.4, 0.5) is 0 Å². The normalized spacial score (nSPS) is 10.4. The summed E-state index contributed by atoms with van der Waals surface area (Å²) in [6.07, 6.45) is 5.36. The molecule has 0 unspecified atom stereocenters. The molecule has 1 aromatic heterocycles. The average Bonchev–Trinajstić information content (AvgIpc) is 2.37. The smallest absolute Gasteiger partial charge is 0.138 e. The van der Waals surface area contributed by atoms with E-state index in [1.54, 1.807) is 6.33 Å². The number of aryl methyl sites for hydroxylation is 2. The van der Waals surface area contributed by atoms with Crippen molar-refractivity contribution in [2.75, 3.05) is 0 Å². The second-order valence-corrected chi connectivity index (χ2v) is 2.74. The third-order valence-corrected chi connectivity index (χ3v) is 1.78. The van der Waals surface area contributed by atoms with E-state index in [9.17, 15) is 0 Å². The monoisotopic (exact) mass is 153 g/mol. The largest absolute Gasteiger partial charge is 0.250 e. The summed E-state index contributed by atoms with van der Waals surface area (Å²) >= 11 is 0. The standard InChI is InChI=1S/C8H15N3/c1-3-4-5-6-11-8(2)9-7-10-11/h7H,3-6H2,1-2H3. The maximum atomic E-state index is 4.09. The first-order valence-corrected chi connectivity index (χ1v) is 4.19. The number of aromatic nitrogens is 3. The quantitative estimate of drug-likeness (QED) is 0.617. The first kappa shape index (κ1) is 8.24. The van der Waals surface area contributed by atoms with Crippen molar-refractivity contribution in [3.8, 4) is 0 Å². The molecule has 0 amide bonds. The van der Waals surface area contributed by atoms with E-state index in [-0.39, 0.29) is 0 Å². The van der Waals surface area contributed by atoms with Crippen molar-refractivity contribution in [2.24, 2.45) is 0 Å². The minimum absolute atomic E-state index is 1.01. The molecule has 0 atom stereocenters. The van der Waals surface area contributed by atoms with Crippen molar-refractivity contribution in [3.05, 3.63) is 12.2 Å². The summed E-state index contributed by atoms with van der Waals surface area (Å²) < 4.78 is 1.95. The molecule has 1 aromatic rings. The van der Waals surface area contributed by atoms with E-state index in [2.05, 4.69) is 17.0 Å². The molecule has 0 aliphatic carbocycles. The van der Waals surface area contributed by atoms with E-state index < -0.39 is 0 Å². The Hall–Kier alpha value is -0.860. The third-order valence-electron chi connectivity index (χ3n) is 1.78. The number of hydrogen-bond acceptors (Lipinski definition) is 2. The van der Waals surface area contributed by atoms with Crippen molar-refractivity contribution in [3.63, 3.8) is 0 Å². The summed E-state index contributed by atoms with van der Waals surface area (Å²) in [5.74, 6) is 1.01. The molecule has 0 N–H and O–H groups in total. The number of rotatable bonds is 4. The topological polar surface area (TPSA) is 30.7 Å². The Morgan fingerprint density at radius 2 is 2.27 bits per heavy atom. The summed E-state index contributed by atoms with van der Waals surface area (Å²) in [4.78, 5) is 4.05. The van der Waals surface area contributed by atoms with Gasteiger partial charge >= 0.3 is 0 Å². The zero-order valence-corrected chi connectivity index (χ0v) is 7.25. The van der Waals surface area contributed by atoms with Gasteiger partial charge in [-0.1, -0.05) is 19.8 Å². The lowest BCUT2D eigenvalue weighted by Crippen LogP contribution is -2.02. The minimum Gasteiger partial charge on any atom is -0.250 e. The van der Waals surface area contributed by atoms with Crippen LogP contribution < -0.4 is 0 Å². The number of hydrogen-bond donors (Lipinski definition) is 0. The second kappa shape index (κ2) is 4.11. The highest BCUT2D eigenvalue weighted by Crippen LogP contribution is 1.98. The van der Waals surface area contributed by atoms with Crippen molar-refractivity contribution in [1.29, 1.82) is 0 Å². The van der Waals surface area contributed by atoms with Gasteiger partial charge < -0.3 is 0 Å². The van der Waals surface area contributed by atoms with E-state index in [1.165, 1.54) is 19.3 Å². The van der Waals surface area contributed by atoms with Crippen molar-refractivity contribution >= 4 is 0 Å². The Bertz CT molecular complexity index is 205. The Kier molecular flexibility index (Phi) is 3.08. The fourth-order valence-corrected chi connectivity index (χ4v) is 1.05. The van der Waals surface area contributed by atoms with Gasteiger partial charge in [0.25, 0.3) is 0 Å². The van der Waals surface area contributed by atoms with E-state index in [0.29, 0.717) is 0 Å². The summed E-state index contributed by atoms with van der Waals surface area (Å²) in [5, 5.41) is 4.09. The molecule has 1 rings (SSSR count). The maximum Gasteiger partial charge on any atom is 0.138 e. The Balaban J connectivity index is 2.32. The first-order valence-electron chi connectivity index (χ1n) is 4.19. The number of nitrogens with zero attached hydrogens (tertiary/aromatic N) is 3. The molecule has 3 nitrogen and oxygen atoms in total. The van der Waals surface area contributed by atoms with Gasteiger partial charge in [0.1, 0.15) is 12.2 Å². The van der Waals surface area contributed by atoms with Crippen molar-refractivity contribution in [1.82, 2.24) is 14.8 Å². The predicted octanol–water partition coefficient (Wildman–Crippen LogP) is 1.78. The van der Waals surface area contributed by atoms with Gasteiger partial charge in [-0.3, -0.25) is 4.68 Å². The molecule has 3 heteroatoms. The molecule has 0 saturated heterocycles. The lowest BCUT2D eigenvalue weighted by Gasteiger charge is -2.00. The fraction of sp³-hybridized carbons (Fsp3) is 0.750. The van der Waals surface area contributed by atoms with E-state index in [0.717, 1.165) is 12.4 Å². The molecule has 0 aliphatic heterocycles. The van der Waals surface area contributed by atoms with Crippen molar-refractivity contribution < 1.29 is 0 Å². The van der Waals surface area contributed by atoms with Crippen LogP contribution >= 0.6 is 0 Å². The second-order valence-electron chi connectivity index (χ2n) is 2.74. The van der Waals surface area contributed by atoms with Crippen LogP contribution in [0.3, 0.4) is 0 Å². The molecular weight excluding hydrogens is 138 g/mol. The highest BCUT2D eigenvalue weighted by molar-refractivity contribution is 4.77. The van der Waals surface area contributed by atoms with Crippen LogP contribution in [0.2, 0.25) is 0 Å². The van der Waals surface area contributed by atoms with Gasteiger partial charge in [-0.05, 0) is 13.3 Å². The summed E-state index contributed by atoms with van der Waals surface area (Å²) in [6, 6.07) is 0. The summed E-state index contributed by atoms with van der Waals surface area (Å²) in [5.41, 5.74) is 0. The molecule has 0 aromatic carbocycles. The fourth-order valence-electron chi connectivity index (χ4n) is 1.05. The van der Waals surface area contributed by atoms with Gasteiger partial charge in [0.2, 0.25) is 0 Å². The van der Waals surface area contributed by atoms with Gasteiger partial charge in [0.05, 0.1) is 0 Å². The number of unbranched alkanes of at least 4 members (excludes halogenated alkanes) is 2. The van der Waals surface area contributed by atoms with Crippen LogP contribution in [-0.2, 0) is 6.54 Å². The van der Waals surface area contributed by atoms with E-state index in [1.807, 2.05) is 11.6 Å². The molecule has 0 spiro atoms. The van der Waals surface area contributed by atoms with Crippen LogP contribution in [0.25, 0.3) is 0 Å². The molecule has 62 valence electrons. The van der Waals surface area contributed by atoms with Gasteiger partial charge in [-0.15, -0.1) is 0 Å². The first-order chi connectivity index (χ1) is 5.34. The molecule has 0 aliphatic rings. The third kappa shape index (κ3) is 2.33. The van der Waals surface area contributed by atoms with Crippen LogP contribution in [0, 0.1) is 6.92 Å². The Morgan fingerprint density at radius 3 is 2.82 bits per heavy atom. The molecule has 0 fully saturated rings. The van der Waals surface area contributed by atoms with Gasteiger partial charge in [-0.2, -0.15) is 5.10 Å². The van der Waals surface area contributed by atoms with Crippen LogP contribution in [0.15, 0.2) is 6.33 Å². The molecule has 0 saturated carbocycles. The van der Waals surface area contributed by atoms with Crippen LogP contribution in [-0.4, -0.2) is 14.8 Å². The summed E-state index contributed by atoms with van der Waals surface area (Å²) in [6.45, 7) is 5.20. The van der Waals surface area contributed by atoms with Gasteiger partial charge in [0, 0.05) is 6.54 Å². The van der Waals surface area contributed by atoms with Crippen LogP contribution in [0.5, 0.6) is 0 Å². The molecule has 1 heterocycles. The van der Waals surface area contributed by atoms with E-state index >= 15 is 0 Å². The predicted molar refractivity (Wildman–Crippen MR) is 44.3 cm³/mol. The SMILES string of the molecule is CCCCCn1ncnc1C. The summed E-state index contributed by atoms with van der Waals surface area (Å²) in [7, 11) is 0. The van der Waals surface area contributed by atoms with Crippen molar-refractivity contribution in [2.45, 2.75) is 39.7 Å². The Morgan fingerprint density at radius 1 is 1.45 bits per heavy atom. The lowest BCUT2D eigenvalue weighted by atomic mass is 10.2. The lowest BCUT2D eigenvalue weighted by molar-refractivity contribution is 0.540. The maximum absolute atomic E-state index is 4.09. The molecule has 0 bridgehead atoms. The molecular formula is C8H15N3. The Labute approximate surface area is 67.4 Å². The average molecular weight is 153 g/mol. The minimum atomic E-state index is 1.01. The highest BCUT2D eigenvalue weighted by Gasteiger charge is 1.95. The van der Waals surface area contributed by atoms with Gasteiger partial charge in [0.15, 0.2) is 0 Å². The van der Waals surface area contributed by atoms with Crippen LogP contribution in [0.1, 0.15) is 32.0 Å². The van der Waals surface area contributed by atoms with Gasteiger partial charge in [-0.25, -0.2) is 4.98 Å². The molecule has 11 heavy (non-hydrogen) atoms. The zero-order chi connectivity index (χ0) is 8.10. The molecule has 0 radical (unpaired) electrons. The zero-order valence-electron chi connectivity index (χ0n) is 7.25. The highest BCUT2D eigenvalue weighted by atomic mass is 15.3. The van der Waals surface area contributed by atoms with E-state index in [4.69, 9.17) is 0 Å².